The first-order valence-electron chi connectivity index (χ1n) is 5.59. The highest BCUT2D eigenvalue weighted by Gasteiger charge is 2.14. The van der Waals surface area contributed by atoms with Crippen LogP contribution in [0.4, 0.5) is 4.39 Å². The van der Waals surface area contributed by atoms with Crippen molar-refractivity contribution in [1.29, 1.82) is 0 Å². The van der Waals surface area contributed by atoms with Crippen molar-refractivity contribution in [2.24, 2.45) is 0 Å². The summed E-state index contributed by atoms with van der Waals surface area (Å²) < 4.78 is 39.9. The van der Waals surface area contributed by atoms with Crippen LogP contribution >= 0.6 is 0 Å². The van der Waals surface area contributed by atoms with Crippen LogP contribution in [0.25, 0.3) is 10.9 Å². The van der Waals surface area contributed by atoms with Crippen LogP contribution in [0, 0.1) is 0 Å². The van der Waals surface area contributed by atoms with Crippen LogP contribution in [0.3, 0.4) is 0 Å². The summed E-state index contributed by atoms with van der Waals surface area (Å²) >= 11 is 0. The molecule has 2 aromatic rings. The monoisotopic (exact) mass is 285 g/mol. The molecule has 0 aliphatic rings. The molecule has 0 spiro atoms. The Morgan fingerprint density at radius 3 is 2.74 bits per heavy atom. The number of rotatable bonds is 4. The van der Waals surface area contributed by atoms with Crippen LogP contribution in [0.1, 0.15) is 12.5 Å². The fourth-order valence-corrected chi connectivity index (χ4v) is 2.11. The number of alkyl halides is 1. The fraction of sp³-hybridized carbons (Fsp3) is 0.250. The molecule has 0 saturated carbocycles. The molecule has 2 rings (SSSR count). The van der Waals surface area contributed by atoms with Gasteiger partial charge in [-0.15, -0.1) is 0 Å². The van der Waals surface area contributed by atoms with Gasteiger partial charge >= 0.3 is 10.1 Å². The molecule has 1 aromatic carbocycles. The highest BCUT2D eigenvalue weighted by atomic mass is 32.2. The summed E-state index contributed by atoms with van der Waals surface area (Å²) in [6.07, 6.45) is 1.17. The molecule has 0 saturated heterocycles. The maximum Gasteiger partial charge on any atom is 0.309 e. The maximum atomic E-state index is 12.5. The van der Waals surface area contributed by atoms with E-state index in [1.807, 2.05) is 0 Å². The normalized spacial score (nSPS) is 11.7. The Balaban J connectivity index is 2.56. The van der Waals surface area contributed by atoms with Crippen molar-refractivity contribution in [3.05, 3.63) is 40.2 Å². The summed E-state index contributed by atoms with van der Waals surface area (Å²) in [6, 6.07) is 4.40. The number of H-pyrrole nitrogens is 1. The summed E-state index contributed by atoms with van der Waals surface area (Å²) in [4.78, 5) is 14.7. The summed E-state index contributed by atoms with van der Waals surface area (Å²) in [5.74, 6) is -0.520. The van der Waals surface area contributed by atoms with Crippen molar-refractivity contribution in [3.8, 4) is 5.75 Å². The van der Waals surface area contributed by atoms with Crippen molar-refractivity contribution in [2.45, 2.75) is 13.6 Å². The molecule has 1 heterocycles. The largest absolute Gasteiger partial charge is 0.377 e. The average molecular weight is 285 g/mol. The predicted octanol–water partition coefficient (Wildman–Crippen LogP) is 1.73. The molecule has 0 aliphatic heterocycles. The minimum absolute atomic E-state index is 0.231. The first kappa shape index (κ1) is 13.5. The van der Waals surface area contributed by atoms with Gasteiger partial charge in [0.1, 0.15) is 6.67 Å². The molecule has 0 unspecified atom stereocenters. The quantitative estimate of drug-likeness (QED) is 0.868. The van der Waals surface area contributed by atoms with Gasteiger partial charge in [-0.2, -0.15) is 8.42 Å². The second-order valence-electron chi connectivity index (χ2n) is 3.93. The first-order valence-corrected chi connectivity index (χ1v) is 7.17. The van der Waals surface area contributed by atoms with Crippen molar-refractivity contribution >= 4 is 21.0 Å². The SMILES string of the molecule is CCS(=O)(=O)Oc1c[nH]c2cc(CF)ccc2c1=O. The van der Waals surface area contributed by atoms with Crippen LogP contribution in [-0.4, -0.2) is 19.2 Å². The van der Waals surface area contributed by atoms with Gasteiger partial charge in [0.15, 0.2) is 0 Å². The second kappa shape index (κ2) is 5.00. The smallest absolute Gasteiger partial charge is 0.309 e. The summed E-state index contributed by atoms with van der Waals surface area (Å²) in [6.45, 7) is 0.776. The van der Waals surface area contributed by atoms with Gasteiger partial charge in [-0.1, -0.05) is 6.07 Å². The number of halogens is 1. The van der Waals surface area contributed by atoms with E-state index in [9.17, 15) is 17.6 Å². The fourth-order valence-electron chi connectivity index (χ4n) is 1.59. The first-order chi connectivity index (χ1) is 8.96. The topological polar surface area (TPSA) is 76.2 Å². The molecule has 1 N–H and O–H groups in total. The lowest BCUT2D eigenvalue weighted by Crippen LogP contribution is -2.17. The third-order valence-electron chi connectivity index (χ3n) is 2.64. The number of nitrogens with one attached hydrogen (secondary N) is 1. The highest BCUT2D eigenvalue weighted by Crippen LogP contribution is 2.15. The van der Waals surface area contributed by atoms with Crippen LogP contribution < -0.4 is 9.61 Å². The average Bonchev–Trinajstić information content (AvgIpc) is 2.41. The number of aromatic nitrogens is 1. The lowest BCUT2D eigenvalue weighted by molar-refractivity contribution is 0.484. The number of hydrogen-bond acceptors (Lipinski definition) is 4. The Labute approximate surface area is 109 Å². The van der Waals surface area contributed by atoms with E-state index in [2.05, 4.69) is 4.98 Å². The molecule has 0 bridgehead atoms. The van der Waals surface area contributed by atoms with Crippen molar-refractivity contribution in [3.63, 3.8) is 0 Å². The van der Waals surface area contributed by atoms with Gasteiger partial charge in [0.05, 0.1) is 5.75 Å². The molecular formula is C12H12FNO4S. The lowest BCUT2D eigenvalue weighted by Gasteiger charge is -2.06. The van der Waals surface area contributed by atoms with E-state index < -0.39 is 22.2 Å². The van der Waals surface area contributed by atoms with Crippen LogP contribution in [0.5, 0.6) is 5.75 Å². The van der Waals surface area contributed by atoms with Crippen molar-refractivity contribution < 1.29 is 17.0 Å². The molecule has 102 valence electrons. The van der Waals surface area contributed by atoms with Crippen LogP contribution in [0.2, 0.25) is 0 Å². The molecule has 7 heteroatoms. The van der Waals surface area contributed by atoms with E-state index in [-0.39, 0.29) is 16.9 Å². The number of hydrogen-bond donors (Lipinski definition) is 1. The van der Waals surface area contributed by atoms with E-state index in [4.69, 9.17) is 4.18 Å². The molecule has 5 nitrogen and oxygen atoms in total. The Bertz CT molecular complexity index is 767. The van der Waals surface area contributed by atoms with Crippen molar-refractivity contribution in [1.82, 2.24) is 4.98 Å². The zero-order valence-corrected chi connectivity index (χ0v) is 11.0. The van der Waals surface area contributed by atoms with E-state index in [1.165, 1.54) is 31.3 Å². The van der Waals surface area contributed by atoms with Gasteiger partial charge in [-0.3, -0.25) is 4.79 Å². The molecule has 0 fully saturated rings. The Morgan fingerprint density at radius 1 is 1.37 bits per heavy atom. The molecular weight excluding hydrogens is 273 g/mol. The van der Waals surface area contributed by atoms with E-state index in [0.29, 0.717) is 11.1 Å². The third kappa shape index (κ3) is 2.76. The number of pyridine rings is 1. The van der Waals surface area contributed by atoms with Gasteiger partial charge < -0.3 is 9.17 Å². The van der Waals surface area contributed by atoms with Crippen LogP contribution in [-0.2, 0) is 16.8 Å². The van der Waals surface area contributed by atoms with E-state index >= 15 is 0 Å². The highest BCUT2D eigenvalue weighted by molar-refractivity contribution is 7.87. The third-order valence-corrected chi connectivity index (χ3v) is 3.78. The Morgan fingerprint density at radius 2 is 2.11 bits per heavy atom. The summed E-state index contributed by atoms with van der Waals surface area (Å²) in [7, 11) is -3.76. The lowest BCUT2D eigenvalue weighted by atomic mass is 10.1. The zero-order valence-electron chi connectivity index (χ0n) is 10.1. The van der Waals surface area contributed by atoms with Gasteiger partial charge in [0, 0.05) is 17.1 Å². The minimum atomic E-state index is -3.76. The molecule has 0 atom stereocenters. The zero-order chi connectivity index (χ0) is 14.0. The number of benzene rings is 1. The molecule has 19 heavy (non-hydrogen) atoms. The van der Waals surface area contributed by atoms with E-state index in [0.717, 1.165) is 0 Å². The second-order valence-corrected chi connectivity index (χ2v) is 5.78. The molecule has 1 aromatic heterocycles. The summed E-state index contributed by atoms with van der Waals surface area (Å²) in [5, 5.41) is 0.251. The number of aromatic amines is 1. The minimum Gasteiger partial charge on any atom is -0.377 e. The van der Waals surface area contributed by atoms with Gasteiger partial charge in [0.25, 0.3) is 0 Å². The Kier molecular flexibility index (Phi) is 3.57. The summed E-state index contributed by atoms with van der Waals surface area (Å²) in [5.41, 5.74) is 0.315. The maximum absolute atomic E-state index is 12.5. The van der Waals surface area contributed by atoms with E-state index in [1.54, 1.807) is 0 Å². The number of fused-ring (bicyclic) bond motifs is 1. The predicted molar refractivity (Wildman–Crippen MR) is 69.5 cm³/mol. The molecule has 0 radical (unpaired) electrons. The Hall–Kier alpha value is -1.89. The van der Waals surface area contributed by atoms with Gasteiger partial charge in [-0.05, 0) is 24.6 Å². The van der Waals surface area contributed by atoms with Crippen LogP contribution in [0.15, 0.2) is 29.2 Å². The van der Waals surface area contributed by atoms with Gasteiger partial charge in [-0.25, -0.2) is 4.39 Å². The molecule has 0 amide bonds. The van der Waals surface area contributed by atoms with Gasteiger partial charge in [0.2, 0.25) is 11.2 Å². The standard InChI is InChI=1S/C12H12FNO4S/c1-2-19(16,17)18-11-7-14-10-5-8(6-13)3-4-9(10)12(11)15/h3-5,7H,2,6H2,1H3,(H,14,15). The molecule has 0 aliphatic carbocycles. The van der Waals surface area contributed by atoms with Crippen molar-refractivity contribution in [2.75, 3.05) is 5.75 Å².